The lowest BCUT2D eigenvalue weighted by atomic mass is 10.2. The lowest BCUT2D eigenvalue weighted by Gasteiger charge is -2.12. The first-order valence-electron chi connectivity index (χ1n) is 7.86. The number of rotatable bonds is 5. The van der Waals surface area contributed by atoms with Crippen LogP contribution in [-0.4, -0.2) is 23.6 Å². The van der Waals surface area contributed by atoms with E-state index in [0.29, 0.717) is 24.5 Å². The molecule has 1 amide bonds. The van der Waals surface area contributed by atoms with Crippen LogP contribution in [0.4, 0.5) is 11.5 Å². The van der Waals surface area contributed by atoms with Gasteiger partial charge < -0.3 is 15.4 Å². The summed E-state index contributed by atoms with van der Waals surface area (Å²) < 4.78 is 5.39. The van der Waals surface area contributed by atoms with Crippen LogP contribution in [-0.2, 0) is 16.1 Å². The van der Waals surface area contributed by atoms with Gasteiger partial charge in [0.15, 0.2) is 0 Å². The smallest absolute Gasteiger partial charge is 0.253 e. The van der Waals surface area contributed by atoms with E-state index in [4.69, 9.17) is 10.00 Å². The fraction of sp³-hybridized carbons (Fsp3) is 0.278. The molecule has 0 spiro atoms. The van der Waals surface area contributed by atoms with Gasteiger partial charge in [-0.3, -0.25) is 4.79 Å². The van der Waals surface area contributed by atoms with Crippen LogP contribution in [0.2, 0.25) is 0 Å². The van der Waals surface area contributed by atoms with Crippen molar-refractivity contribution in [1.29, 1.82) is 5.26 Å². The van der Waals surface area contributed by atoms with Crippen molar-refractivity contribution in [2.75, 3.05) is 17.2 Å². The largest absolute Gasteiger partial charge is 0.368 e. The molecule has 2 N–H and O–H groups in total. The predicted molar refractivity (Wildman–Crippen MR) is 90.3 cm³/mol. The van der Waals surface area contributed by atoms with Crippen molar-refractivity contribution >= 4 is 17.4 Å². The van der Waals surface area contributed by atoms with E-state index < -0.39 is 0 Å². The van der Waals surface area contributed by atoms with Crippen molar-refractivity contribution in [2.24, 2.45) is 0 Å². The van der Waals surface area contributed by atoms with Crippen LogP contribution in [0.25, 0.3) is 0 Å². The number of amides is 1. The lowest BCUT2D eigenvalue weighted by Crippen LogP contribution is -2.26. The number of pyridine rings is 1. The van der Waals surface area contributed by atoms with Crippen molar-refractivity contribution in [3.63, 3.8) is 0 Å². The molecule has 1 saturated heterocycles. The number of hydrogen-bond acceptors (Lipinski definition) is 5. The average Bonchev–Trinajstić information content (AvgIpc) is 3.15. The van der Waals surface area contributed by atoms with Crippen molar-refractivity contribution < 1.29 is 9.53 Å². The highest BCUT2D eigenvalue weighted by atomic mass is 16.5. The van der Waals surface area contributed by atoms with E-state index in [2.05, 4.69) is 15.6 Å². The van der Waals surface area contributed by atoms with Crippen molar-refractivity contribution in [2.45, 2.75) is 25.5 Å². The zero-order valence-corrected chi connectivity index (χ0v) is 13.2. The molecular weight excluding hydrogens is 304 g/mol. The summed E-state index contributed by atoms with van der Waals surface area (Å²) in [5.74, 6) is 0.606. The Morgan fingerprint density at radius 3 is 3.00 bits per heavy atom. The van der Waals surface area contributed by atoms with E-state index in [0.717, 1.165) is 24.1 Å². The lowest BCUT2D eigenvalue weighted by molar-refractivity contribution is -0.124. The first-order valence-corrected chi connectivity index (χ1v) is 7.86. The van der Waals surface area contributed by atoms with Crippen LogP contribution in [0.15, 0.2) is 42.6 Å². The second kappa shape index (κ2) is 7.57. The molecule has 24 heavy (non-hydrogen) atoms. The number of carbonyl (C=O) groups excluding carboxylic acids is 1. The molecule has 1 aromatic heterocycles. The normalized spacial score (nSPS) is 16.4. The van der Waals surface area contributed by atoms with Gasteiger partial charge in [0.05, 0.1) is 5.56 Å². The van der Waals surface area contributed by atoms with Crippen molar-refractivity contribution in [3.05, 3.63) is 53.7 Å². The molecule has 122 valence electrons. The summed E-state index contributed by atoms with van der Waals surface area (Å²) in [6.45, 7) is 1.22. The maximum Gasteiger partial charge on any atom is 0.253 e. The van der Waals surface area contributed by atoms with E-state index in [-0.39, 0.29) is 12.0 Å². The van der Waals surface area contributed by atoms with Crippen LogP contribution >= 0.6 is 0 Å². The first kappa shape index (κ1) is 16.0. The highest BCUT2D eigenvalue weighted by Gasteiger charge is 2.23. The van der Waals surface area contributed by atoms with Crippen molar-refractivity contribution in [3.8, 4) is 6.07 Å². The second-order valence-corrected chi connectivity index (χ2v) is 5.59. The Morgan fingerprint density at radius 2 is 2.29 bits per heavy atom. The summed E-state index contributed by atoms with van der Waals surface area (Å²) >= 11 is 0. The fourth-order valence-electron chi connectivity index (χ4n) is 2.52. The van der Waals surface area contributed by atoms with Gasteiger partial charge in [-0.1, -0.05) is 12.1 Å². The Morgan fingerprint density at radius 1 is 1.38 bits per heavy atom. The van der Waals surface area contributed by atoms with E-state index >= 15 is 0 Å². The zero-order chi connectivity index (χ0) is 16.8. The SMILES string of the molecule is N#Cc1ccc(NCc2cccc(NC(=O)C3CCCO3)c2)nc1. The minimum atomic E-state index is -0.338. The summed E-state index contributed by atoms with van der Waals surface area (Å²) in [5, 5.41) is 14.8. The van der Waals surface area contributed by atoms with Gasteiger partial charge in [0.1, 0.15) is 18.0 Å². The number of nitrogens with one attached hydrogen (secondary N) is 2. The van der Waals surface area contributed by atoms with Gasteiger partial charge in [-0.25, -0.2) is 4.98 Å². The van der Waals surface area contributed by atoms with Crippen LogP contribution in [0, 0.1) is 11.3 Å². The molecule has 1 atom stereocenters. The number of aromatic nitrogens is 1. The molecule has 6 heteroatoms. The molecule has 1 aromatic carbocycles. The highest BCUT2D eigenvalue weighted by Crippen LogP contribution is 2.17. The van der Waals surface area contributed by atoms with Gasteiger partial charge in [0.2, 0.25) is 0 Å². The molecule has 0 radical (unpaired) electrons. The van der Waals surface area contributed by atoms with Gasteiger partial charge in [-0.05, 0) is 42.7 Å². The molecule has 0 bridgehead atoms. The Labute approximate surface area is 140 Å². The topological polar surface area (TPSA) is 87.0 Å². The molecule has 6 nitrogen and oxygen atoms in total. The summed E-state index contributed by atoms with van der Waals surface area (Å²) in [4.78, 5) is 16.2. The number of nitriles is 1. The van der Waals surface area contributed by atoms with Gasteiger partial charge >= 0.3 is 0 Å². The standard InChI is InChI=1S/C18H18N4O2/c19-10-14-6-7-17(21-12-14)20-11-13-3-1-4-15(9-13)22-18(23)16-5-2-8-24-16/h1,3-4,6-7,9,12,16H,2,5,8,11H2,(H,20,21)(H,22,23). The molecule has 0 saturated carbocycles. The third-order valence-corrected chi connectivity index (χ3v) is 3.78. The van der Waals surface area contributed by atoms with E-state index in [1.807, 2.05) is 30.3 Å². The highest BCUT2D eigenvalue weighted by molar-refractivity contribution is 5.94. The number of carbonyl (C=O) groups is 1. The number of ether oxygens (including phenoxy) is 1. The summed E-state index contributed by atoms with van der Waals surface area (Å²) in [5.41, 5.74) is 2.30. The third kappa shape index (κ3) is 4.09. The van der Waals surface area contributed by atoms with Gasteiger partial charge in [0, 0.05) is 25.0 Å². The van der Waals surface area contributed by atoms with Crippen LogP contribution in [0.3, 0.4) is 0 Å². The van der Waals surface area contributed by atoms with E-state index in [1.54, 1.807) is 12.1 Å². The molecule has 2 aromatic rings. The first-order chi connectivity index (χ1) is 11.7. The Balaban J connectivity index is 1.58. The second-order valence-electron chi connectivity index (χ2n) is 5.59. The summed E-state index contributed by atoms with van der Waals surface area (Å²) in [6, 6.07) is 13.2. The number of benzene rings is 1. The number of hydrogen-bond donors (Lipinski definition) is 2. The molecule has 1 unspecified atom stereocenters. The van der Waals surface area contributed by atoms with Crippen LogP contribution < -0.4 is 10.6 Å². The van der Waals surface area contributed by atoms with Gasteiger partial charge in [-0.15, -0.1) is 0 Å². The molecule has 0 aliphatic carbocycles. The number of anilines is 2. The van der Waals surface area contributed by atoms with E-state index in [1.165, 1.54) is 6.20 Å². The molecule has 3 rings (SSSR count). The van der Waals surface area contributed by atoms with Crippen LogP contribution in [0.1, 0.15) is 24.0 Å². The van der Waals surface area contributed by atoms with Crippen molar-refractivity contribution in [1.82, 2.24) is 4.98 Å². The van der Waals surface area contributed by atoms with Gasteiger partial charge in [-0.2, -0.15) is 5.26 Å². The van der Waals surface area contributed by atoms with E-state index in [9.17, 15) is 4.79 Å². The minimum Gasteiger partial charge on any atom is -0.368 e. The quantitative estimate of drug-likeness (QED) is 0.884. The zero-order valence-electron chi connectivity index (χ0n) is 13.2. The number of nitrogens with zero attached hydrogens (tertiary/aromatic N) is 2. The molecule has 1 aliphatic rings. The Bertz CT molecular complexity index is 746. The maximum absolute atomic E-state index is 12.1. The minimum absolute atomic E-state index is 0.0913. The molecule has 1 fully saturated rings. The third-order valence-electron chi connectivity index (χ3n) is 3.78. The summed E-state index contributed by atoms with van der Waals surface area (Å²) in [6.07, 6.45) is 2.90. The molecule has 2 heterocycles. The van der Waals surface area contributed by atoms with Gasteiger partial charge in [0.25, 0.3) is 5.91 Å². The Kier molecular flexibility index (Phi) is 5.04. The molecular formula is C18H18N4O2. The fourth-order valence-corrected chi connectivity index (χ4v) is 2.52. The monoisotopic (exact) mass is 322 g/mol. The average molecular weight is 322 g/mol. The maximum atomic E-state index is 12.1. The Hall–Kier alpha value is -2.91. The van der Waals surface area contributed by atoms with Crippen LogP contribution in [0.5, 0.6) is 0 Å². The molecule has 1 aliphatic heterocycles. The summed E-state index contributed by atoms with van der Waals surface area (Å²) in [7, 11) is 0. The predicted octanol–water partition coefficient (Wildman–Crippen LogP) is 2.68.